The fourth-order valence-corrected chi connectivity index (χ4v) is 7.68. The van der Waals surface area contributed by atoms with Gasteiger partial charge in [-0.3, -0.25) is 0 Å². The molecule has 1 heterocycles. The van der Waals surface area contributed by atoms with Crippen molar-refractivity contribution in [2.75, 3.05) is 0 Å². The largest absolute Gasteiger partial charge is 0.251 e. The van der Waals surface area contributed by atoms with Gasteiger partial charge in [-0.15, -0.1) is 0 Å². The summed E-state index contributed by atoms with van der Waals surface area (Å²) < 4.78 is 4.74. The van der Waals surface area contributed by atoms with Crippen LogP contribution in [0.4, 0.5) is 0 Å². The Balaban J connectivity index is 2.53. The highest BCUT2D eigenvalue weighted by Gasteiger charge is 2.41. The summed E-state index contributed by atoms with van der Waals surface area (Å²) in [7, 11) is -0.337. The van der Waals surface area contributed by atoms with Gasteiger partial charge in [-0.25, -0.2) is 8.90 Å². The third kappa shape index (κ3) is 3.86. The predicted molar refractivity (Wildman–Crippen MR) is 102 cm³/mol. The first-order valence-electron chi connectivity index (χ1n) is 8.39. The third-order valence-electron chi connectivity index (χ3n) is 4.02. The average Bonchev–Trinajstić information content (AvgIpc) is 2.71. The normalized spacial score (nSPS) is 13.0. The Hall–Kier alpha value is -1.14. The molecule has 0 aliphatic heterocycles. The third-order valence-corrected chi connectivity index (χ3v) is 7.26. The zero-order valence-electron chi connectivity index (χ0n) is 16.2. The maximum absolute atomic E-state index is 2.45. The Morgan fingerprint density at radius 2 is 1.35 bits per heavy atom. The molecule has 0 unspecified atom stereocenters. The zero-order chi connectivity index (χ0) is 17.6. The minimum absolute atomic E-state index is 0.266. The van der Waals surface area contributed by atoms with Crippen molar-refractivity contribution in [2.24, 2.45) is 0 Å². The van der Waals surface area contributed by atoms with Crippen LogP contribution in [0.15, 0.2) is 30.9 Å². The van der Waals surface area contributed by atoms with E-state index in [1.165, 1.54) is 22.4 Å². The molecule has 0 spiro atoms. The smallest absolute Gasteiger partial charge is 0.217 e. The standard InChI is InChI=1S/C20H32N2P/c1-15-12-16(2)18(17(3)13-15)21-10-11-22(14-21)23(19(4,5)6)20(7,8)9/h10-14H,1-9H3/q+1. The van der Waals surface area contributed by atoms with Gasteiger partial charge < -0.3 is 0 Å². The number of benzene rings is 1. The number of imidazole rings is 1. The van der Waals surface area contributed by atoms with E-state index in [1.54, 1.807) is 0 Å². The van der Waals surface area contributed by atoms with E-state index < -0.39 is 0 Å². The molecule has 0 bridgehead atoms. The van der Waals surface area contributed by atoms with Gasteiger partial charge in [0, 0.05) is 10.3 Å². The number of aryl methyl sites for hydroxylation is 3. The van der Waals surface area contributed by atoms with Crippen LogP contribution in [0.3, 0.4) is 0 Å². The predicted octanol–water partition coefficient (Wildman–Crippen LogP) is 5.53. The first kappa shape index (κ1) is 18.2. The van der Waals surface area contributed by atoms with Gasteiger partial charge in [-0.1, -0.05) is 59.2 Å². The first-order valence-corrected chi connectivity index (χ1v) is 9.69. The minimum atomic E-state index is -0.337. The van der Waals surface area contributed by atoms with E-state index in [1.807, 2.05) is 0 Å². The van der Waals surface area contributed by atoms with Gasteiger partial charge in [0.1, 0.15) is 26.2 Å². The van der Waals surface area contributed by atoms with E-state index in [-0.39, 0.29) is 18.4 Å². The number of hydrogen-bond donors (Lipinski definition) is 0. The van der Waals surface area contributed by atoms with Crippen LogP contribution in [-0.2, 0) is 0 Å². The fourth-order valence-electron chi connectivity index (χ4n) is 3.87. The number of rotatable bonds is 2. The Labute approximate surface area is 143 Å². The molecule has 0 aliphatic carbocycles. The molecule has 23 heavy (non-hydrogen) atoms. The molecular weight excluding hydrogens is 299 g/mol. The molecule has 0 N–H and O–H groups in total. The summed E-state index contributed by atoms with van der Waals surface area (Å²) in [5, 5.41) is 0.531. The van der Waals surface area contributed by atoms with Crippen LogP contribution >= 0.6 is 8.07 Å². The van der Waals surface area contributed by atoms with Crippen LogP contribution in [0, 0.1) is 20.8 Å². The second kappa shape index (κ2) is 6.06. The second-order valence-electron chi connectivity index (χ2n) is 8.60. The molecule has 2 rings (SSSR count). The van der Waals surface area contributed by atoms with Crippen molar-refractivity contribution in [3.8, 4) is 5.69 Å². The molecular formula is C20H32N2P+. The lowest BCUT2D eigenvalue weighted by atomic mass is 10.1. The number of nitrogens with zero attached hydrogens (tertiary/aromatic N) is 2. The molecule has 3 heteroatoms. The maximum Gasteiger partial charge on any atom is 0.251 e. The summed E-state index contributed by atoms with van der Waals surface area (Å²) in [6, 6.07) is 4.53. The van der Waals surface area contributed by atoms with Crippen molar-refractivity contribution in [3.05, 3.63) is 47.5 Å². The molecule has 126 valence electrons. The van der Waals surface area contributed by atoms with Gasteiger partial charge in [-0.05, 0) is 31.9 Å². The van der Waals surface area contributed by atoms with E-state index in [9.17, 15) is 0 Å². The van der Waals surface area contributed by atoms with Crippen molar-refractivity contribution in [2.45, 2.75) is 72.6 Å². The molecule has 0 fully saturated rings. The molecule has 0 amide bonds. The van der Waals surface area contributed by atoms with Crippen molar-refractivity contribution in [1.82, 2.24) is 4.34 Å². The lowest BCUT2D eigenvalue weighted by Crippen LogP contribution is -2.32. The Bertz CT molecular complexity index is 662. The molecule has 0 atom stereocenters. The Morgan fingerprint density at radius 1 is 0.870 bits per heavy atom. The zero-order valence-corrected chi connectivity index (χ0v) is 17.1. The van der Waals surface area contributed by atoms with Gasteiger partial charge >= 0.3 is 0 Å². The van der Waals surface area contributed by atoms with Gasteiger partial charge in [0.05, 0.1) is 0 Å². The Morgan fingerprint density at radius 3 is 1.78 bits per heavy atom. The van der Waals surface area contributed by atoms with Crippen LogP contribution in [-0.4, -0.2) is 14.6 Å². The van der Waals surface area contributed by atoms with Crippen LogP contribution in [0.1, 0.15) is 58.2 Å². The molecule has 0 radical (unpaired) electrons. The molecule has 0 saturated carbocycles. The molecule has 2 aromatic rings. The quantitative estimate of drug-likeness (QED) is 0.505. The van der Waals surface area contributed by atoms with Crippen molar-refractivity contribution < 1.29 is 4.57 Å². The topological polar surface area (TPSA) is 8.81 Å². The van der Waals surface area contributed by atoms with Gasteiger partial charge in [-0.2, -0.15) is 0 Å². The molecule has 0 saturated heterocycles. The highest BCUT2D eigenvalue weighted by Crippen LogP contribution is 2.59. The molecule has 0 aliphatic rings. The summed E-state index contributed by atoms with van der Waals surface area (Å²) in [5.74, 6) is 0. The lowest BCUT2D eigenvalue weighted by Gasteiger charge is -2.36. The van der Waals surface area contributed by atoms with E-state index >= 15 is 0 Å². The van der Waals surface area contributed by atoms with E-state index in [0.29, 0.717) is 0 Å². The molecule has 1 aromatic heterocycles. The fraction of sp³-hybridized carbons (Fsp3) is 0.550. The average molecular weight is 331 g/mol. The Kier molecular flexibility index (Phi) is 4.79. The van der Waals surface area contributed by atoms with Crippen LogP contribution in [0.25, 0.3) is 5.69 Å². The van der Waals surface area contributed by atoms with Crippen LogP contribution < -0.4 is 4.57 Å². The van der Waals surface area contributed by atoms with E-state index in [4.69, 9.17) is 0 Å². The second-order valence-corrected chi connectivity index (χ2v) is 12.4. The lowest BCUT2D eigenvalue weighted by molar-refractivity contribution is -0.595. The number of hydrogen-bond acceptors (Lipinski definition) is 0. The van der Waals surface area contributed by atoms with Gasteiger partial charge in [0.25, 0.3) is 6.33 Å². The van der Waals surface area contributed by atoms with Gasteiger partial charge in [0.2, 0.25) is 0 Å². The van der Waals surface area contributed by atoms with Crippen LogP contribution in [0.5, 0.6) is 0 Å². The van der Waals surface area contributed by atoms with Crippen molar-refractivity contribution in [1.29, 1.82) is 0 Å². The highest BCUT2D eigenvalue weighted by molar-refractivity contribution is 7.59. The molecule has 1 aromatic carbocycles. The monoisotopic (exact) mass is 331 g/mol. The van der Waals surface area contributed by atoms with Crippen molar-refractivity contribution >= 4 is 8.07 Å². The van der Waals surface area contributed by atoms with Crippen molar-refractivity contribution in [3.63, 3.8) is 0 Å². The minimum Gasteiger partial charge on any atom is -0.217 e. The summed E-state index contributed by atoms with van der Waals surface area (Å²) in [4.78, 5) is 0. The van der Waals surface area contributed by atoms with E-state index in [2.05, 4.69) is 102 Å². The SMILES string of the molecule is Cc1cc(C)c(-[n+]2ccn(P(C(C)(C)C)C(C)(C)C)c2)c(C)c1. The van der Waals surface area contributed by atoms with Gasteiger partial charge in [0.15, 0.2) is 0 Å². The first-order chi connectivity index (χ1) is 10.4. The summed E-state index contributed by atoms with van der Waals surface area (Å²) in [6.45, 7) is 20.7. The van der Waals surface area contributed by atoms with E-state index in [0.717, 1.165) is 0 Å². The highest BCUT2D eigenvalue weighted by atomic mass is 31.1. The summed E-state index contributed by atoms with van der Waals surface area (Å²) >= 11 is 0. The summed E-state index contributed by atoms with van der Waals surface area (Å²) in [6.07, 6.45) is 6.74. The molecule has 2 nitrogen and oxygen atoms in total. The number of aromatic nitrogens is 2. The summed E-state index contributed by atoms with van der Waals surface area (Å²) in [5.41, 5.74) is 5.31. The van der Waals surface area contributed by atoms with Crippen LogP contribution in [0.2, 0.25) is 0 Å². The maximum atomic E-state index is 2.45.